The van der Waals surface area contributed by atoms with Crippen molar-refractivity contribution in [2.45, 2.75) is 303 Å². The zero-order valence-corrected chi connectivity index (χ0v) is 47.4. The Kier molecular flexibility index (Phi) is 57.3. The molecule has 0 N–H and O–H groups in total. The van der Waals surface area contributed by atoms with Crippen LogP contribution in [-0.4, -0.2) is 37.2 Å². The molecule has 1 atom stereocenters. The fourth-order valence-corrected chi connectivity index (χ4v) is 8.56. The Labute approximate surface area is 445 Å². The first-order chi connectivity index (χ1) is 35.5. The Morgan fingerprint density at radius 2 is 0.542 bits per heavy atom. The molecule has 0 aliphatic heterocycles. The minimum atomic E-state index is -0.776. The minimum absolute atomic E-state index is 0.0761. The number of carbonyl (C=O) groups excluding carboxylic acids is 3. The lowest BCUT2D eigenvalue weighted by atomic mass is 10.0. The van der Waals surface area contributed by atoms with Gasteiger partial charge in [-0.15, -0.1) is 0 Å². The lowest BCUT2D eigenvalue weighted by molar-refractivity contribution is -0.167. The third-order valence-corrected chi connectivity index (χ3v) is 13.1. The Hall–Kier alpha value is -3.41. The van der Waals surface area contributed by atoms with Crippen molar-refractivity contribution in [2.24, 2.45) is 0 Å². The zero-order valence-electron chi connectivity index (χ0n) is 47.4. The highest BCUT2D eigenvalue weighted by atomic mass is 16.6. The Morgan fingerprint density at radius 3 is 0.875 bits per heavy atom. The summed E-state index contributed by atoms with van der Waals surface area (Å²) in [6.45, 7) is 6.49. The van der Waals surface area contributed by atoms with Crippen molar-refractivity contribution < 1.29 is 28.6 Å². The zero-order chi connectivity index (χ0) is 52.2. The van der Waals surface area contributed by atoms with E-state index in [4.69, 9.17) is 14.2 Å². The summed E-state index contributed by atoms with van der Waals surface area (Å²) in [5, 5.41) is 0. The molecule has 0 heterocycles. The van der Waals surface area contributed by atoms with Crippen molar-refractivity contribution in [3.05, 3.63) is 85.1 Å². The number of carbonyl (C=O) groups is 3. The summed E-state index contributed by atoms with van der Waals surface area (Å²) < 4.78 is 16.8. The summed E-state index contributed by atoms with van der Waals surface area (Å²) in [6.07, 6.45) is 79.0. The highest BCUT2D eigenvalue weighted by Gasteiger charge is 2.19. The molecule has 1 unspecified atom stereocenters. The lowest BCUT2D eigenvalue weighted by Gasteiger charge is -2.18. The van der Waals surface area contributed by atoms with Gasteiger partial charge in [-0.25, -0.2) is 0 Å². The topological polar surface area (TPSA) is 78.9 Å². The van der Waals surface area contributed by atoms with Crippen molar-refractivity contribution in [2.75, 3.05) is 13.2 Å². The number of unbranched alkanes of at least 4 members (excludes halogenated alkanes) is 30. The molecule has 72 heavy (non-hydrogen) atoms. The molecular weight excluding hydrogens is 889 g/mol. The summed E-state index contributed by atoms with van der Waals surface area (Å²) in [6, 6.07) is 0. The van der Waals surface area contributed by atoms with E-state index < -0.39 is 6.10 Å². The Bertz CT molecular complexity index is 1380. The molecule has 0 aromatic rings. The van der Waals surface area contributed by atoms with Gasteiger partial charge in [0.15, 0.2) is 6.10 Å². The van der Waals surface area contributed by atoms with Crippen LogP contribution in [0.25, 0.3) is 0 Å². The van der Waals surface area contributed by atoms with Crippen LogP contribution in [-0.2, 0) is 28.6 Å². The first kappa shape index (κ1) is 68.6. The summed E-state index contributed by atoms with van der Waals surface area (Å²) in [4.78, 5) is 38.0. The summed E-state index contributed by atoms with van der Waals surface area (Å²) in [7, 11) is 0. The molecule has 0 radical (unpaired) electrons. The van der Waals surface area contributed by atoms with E-state index in [9.17, 15) is 14.4 Å². The number of hydrogen-bond acceptors (Lipinski definition) is 6. The summed E-state index contributed by atoms with van der Waals surface area (Å²) in [5.41, 5.74) is 0. The van der Waals surface area contributed by atoms with Gasteiger partial charge in [-0.3, -0.25) is 14.4 Å². The summed E-state index contributed by atoms with van der Waals surface area (Å²) in [5.74, 6) is -0.882. The second kappa shape index (κ2) is 60.1. The molecule has 6 nitrogen and oxygen atoms in total. The fraction of sp³-hybridized carbons (Fsp3) is 0.742. The van der Waals surface area contributed by atoms with Gasteiger partial charge in [-0.1, -0.05) is 266 Å². The molecule has 0 aliphatic rings. The van der Waals surface area contributed by atoms with Crippen LogP contribution >= 0.6 is 0 Å². The van der Waals surface area contributed by atoms with Gasteiger partial charge in [-0.05, 0) is 96.3 Å². The number of allylic oxidation sites excluding steroid dienone is 14. The third-order valence-electron chi connectivity index (χ3n) is 13.1. The van der Waals surface area contributed by atoms with Crippen LogP contribution in [0.4, 0.5) is 0 Å². The summed E-state index contributed by atoms with van der Waals surface area (Å²) >= 11 is 0. The minimum Gasteiger partial charge on any atom is -0.462 e. The highest BCUT2D eigenvalue weighted by molar-refractivity contribution is 5.71. The quantitative estimate of drug-likeness (QED) is 0.0261. The number of esters is 3. The van der Waals surface area contributed by atoms with E-state index in [1.54, 1.807) is 0 Å². The van der Waals surface area contributed by atoms with Gasteiger partial charge < -0.3 is 14.2 Å². The smallest absolute Gasteiger partial charge is 0.306 e. The molecule has 0 aromatic heterocycles. The van der Waals surface area contributed by atoms with Crippen LogP contribution in [0, 0.1) is 0 Å². The van der Waals surface area contributed by atoms with Gasteiger partial charge in [-0.2, -0.15) is 0 Å². The van der Waals surface area contributed by atoms with Gasteiger partial charge in [0.05, 0.1) is 0 Å². The van der Waals surface area contributed by atoms with Crippen LogP contribution in [0.2, 0.25) is 0 Å². The molecule has 0 fully saturated rings. The number of rotatable bonds is 55. The molecule has 0 saturated carbocycles. The SMILES string of the molecule is CC/C=C\C/C=C\C/C=C\C/C=C\C/C=C\C/C=C\CCCCCCCCCCCCCCCCC(=O)OCC(COC(=O)CCCCCCCCCC)OC(=O)CCCCCCC/C=C\CCCCCC. The molecule has 0 amide bonds. The maximum Gasteiger partial charge on any atom is 0.306 e. The second-order valence-electron chi connectivity index (χ2n) is 20.2. The van der Waals surface area contributed by atoms with Gasteiger partial charge in [0.25, 0.3) is 0 Å². The fourth-order valence-electron chi connectivity index (χ4n) is 8.56. The molecule has 0 aliphatic carbocycles. The highest BCUT2D eigenvalue weighted by Crippen LogP contribution is 2.16. The van der Waals surface area contributed by atoms with Gasteiger partial charge >= 0.3 is 17.9 Å². The average Bonchev–Trinajstić information content (AvgIpc) is 3.38. The average molecular weight is 1000 g/mol. The monoisotopic (exact) mass is 1000 g/mol. The predicted molar refractivity (Wildman–Crippen MR) is 311 cm³/mol. The predicted octanol–water partition coefficient (Wildman–Crippen LogP) is 20.7. The van der Waals surface area contributed by atoms with Gasteiger partial charge in [0, 0.05) is 19.3 Å². The van der Waals surface area contributed by atoms with E-state index in [1.807, 2.05) is 0 Å². The van der Waals surface area contributed by atoms with E-state index in [0.29, 0.717) is 19.3 Å². The van der Waals surface area contributed by atoms with Crippen molar-refractivity contribution in [1.29, 1.82) is 0 Å². The van der Waals surface area contributed by atoms with Gasteiger partial charge in [0.2, 0.25) is 0 Å². The molecule has 0 bridgehead atoms. The second-order valence-corrected chi connectivity index (χ2v) is 20.2. The molecule has 414 valence electrons. The maximum atomic E-state index is 12.8. The molecule has 0 spiro atoms. The Balaban J connectivity index is 4.05. The number of hydrogen-bond donors (Lipinski definition) is 0. The van der Waals surface area contributed by atoms with Crippen molar-refractivity contribution >= 4 is 17.9 Å². The first-order valence-electron chi connectivity index (χ1n) is 30.6. The van der Waals surface area contributed by atoms with Crippen LogP contribution in [0.1, 0.15) is 297 Å². The molecule has 0 rings (SSSR count). The Morgan fingerprint density at radius 1 is 0.292 bits per heavy atom. The van der Waals surface area contributed by atoms with Crippen molar-refractivity contribution in [3.63, 3.8) is 0 Å². The molecule has 6 heteroatoms. The largest absolute Gasteiger partial charge is 0.462 e. The van der Waals surface area contributed by atoms with E-state index in [2.05, 4.69) is 106 Å². The van der Waals surface area contributed by atoms with Crippen LogP contribution < -0.4 is 0 Å². The lowest BCUT2D eigenvalue weighted by Crippen LogP contribution is -2.30. The van der Waals surface area contributed by atoms with Gasteiger partial charge in [0.1, 0.15) is 13.2 Å². The third kappa shape index (κ3) is 57.5. The van der Waals surface area contributed by atoms with Crippen molar-refractivity contribution in [3.8, 4) is 0 Å². The van der Waals surface area contributed by atoms with Crippen LogP contribution in [0.5, 0.6) is 0 Å². The molecular formula is C66H114O6. The van der Waals surface area contributed by atoms with Crippen LogP contribution in [0.3, 0.4) is 0 Å². The van der Waals surface area contributed by atoms with E-state index in [1.165, 1.54) is 148 Å². The van der Waals surface area contributed by atoms with E-state index in [0.717, 1.165) is 109 Å². The molecule has 0 saturated heterocycles. The molecule has 0 aromatic carbocycles. The normalized spacial score (nSPS) is 12.7. The van der Waals surface area contributed by atoms with Crippen LogP contribution in [0.15, 0.2) is 85.1 Å². The standard InChI is InChI=1S/C66H114O6/c1-4-7-10-13-16-19-21-23-24-25-26-27-28-29-30-31-32-33-34-35-36-37-38-39-40-41-42-44-45-47-50-53-56-59-65(68)71-62-63(61-70-64(67)58-55-52-49-18-15-12-9-6-3)72-66(69)60-57-54-51-48-46-43-22-20-17-14-11-8-5-2/h7,10,16,19-20,22-24,26-27,29-30,32-33,63H,4-6,8-9,11-15,17-18,21,25,28,31,34-62H2,1-3H3/b10-7-,19-16-,22-20-,24-23-,27-26-,30-29-,33-32-. The van der Waals surface area contributed by atoms with E-state index >= 15 is 0 Å². The maximum absolute atomic E-state index is 12.8. The van der Waals surface area contributed by atoms with E-state index in [-0.39, 0.29) is 31.1 Å². The first-order valence-corrected chi connectivity index (χ1v) is 30.6. The number of ether oxygens (including phenoxy) is 3. The van der Waals surface area contributed by atoms with Crippen molar-refractivity contribution in [1.82, 2.24) is 0 Å².